The number of hydrogen-bond donors (Lipinski definition) is 0. The van der Waals surface area contributed by atoms with Gasteiger partial charge in [-0.1, -0.05) is 6.08 Å². The van der Waals surface area contributed by atoms with E-state index in [2.05, 4.69) is 0 Å². The van der Waals surface area contributed by atoms with Crippen molar-refractivity contribution in [3.63, 3.8) is 0 Å². The van der Waals surface area contributed by atoms with E-state index in [9.17, 15) is 4.79 Å². The van der Waals surface area contributed by atoms with Crippen LogP contribution in [0.3, 0.4) is 0 Å². The summed E-state index contributed by atoms with van der Waals surface area (Å²) in [6, 6.07) is 0. The van der Waals surface area contributed by atoms with Crippen molar-refractivity contribution in [2.24, 2.45) is 0 Å². The largest absolute Gasteiger partial charge is 0.495 e. The zero-order chi connectivity index (χ0) is 9.68. The van der Waals surface area contributed by atoms with E-state index in [0.717, 1.165) is 19.3 Å². The minimum Gasteiger partial charge on any atom is -0.495 e. The number of hydrogen-bond acceptors (Lipinski definition) is 3. The molecular formula is C10H16O3. The van der Waals surface area contributed by atoms with Gasteiger partial charge >= 0.3 is 5.97 Å². The number of allylic oxidation sites excluding steroid dienone is 1. The summed E-state index contributed by atoms with van der Waals surface area (Å²) in [6.45, 7) is 3.33. The Morgan fingerprint density at radius 3 is 2.69 bits per heavy atom. The Bertz CT molecular complexity index is 198. The molecule has 0 N–H and O–H groups in total. The lowest BCUT2D eigenvalue weighted by molar-refractivity contribution is -0.150. The first-order chi connectivity index (χ1) is 6.24. The van der Waals surface area contributed by atoms with E-state index in [1.54, 1.807) is 6.26 Å². The Morgan fingerprint density at radius 2 is 2.08 bits per heavy atom. The van der Waals surface area contributed by atoms with E-state index < -0.39 is 0 Å². The highest BCUT2D eigenvalue weighted by atomic mass is 16.6. The van der Waals surface area contributed by atoms with Crippen LogP contribution in [0.1, 0.15) is 33.1 Å². The Balaban J connectivity index is 2.39. The molecular weight excluding hydrogens is 168 g/mol. The van der Waals surface area contributed by atoms with E-state index in [-0.39, 0.29) is 18.2 Å². The summed E-state index contributed by atoms with van der Waals surface area (Å²) in [4.78, 5) is 10.7. The molecule has 3 heteroatoms. The molecule has 0 saturated heterocycles. The maximum Gasteiger partial charge on any atom is 0.303 e. The lowest BCUT2D eigenvalue weighted by Gasteiger charge is -2.18. The van der Waals surface area contributed by atoms with Crippen LogP contribution < -0.4 is 0 Å². The van der Waals surface area contributed by atoms with Crippen molar-refractivity contribution >= 4 is 5.97 Å². The molecule has 0 amide bonds. The second-order valence-corrected chi connectivity index (χ2v) is 3.22. The van der Waals surface area contributed by atoms with Crippen molar-refractivity contribution in [1.29, 1.82) is 0 Å². The maximum absolute atomic E-state index is 10.7. The van der Waals surface area contributed by atoms with Crippen LogP contribution in [0.15, 0.2) is 12.3 Å². The third-order valence-electron chi connectivity index (χ3n) is 2.10. The Hall–Kier alpha value is -0.990. The number of carbonyl (C=O) groups excluding carboxylic acids is 1. The van der Waals surface area contributed by atoms with Gasteiger partial charge < -0.3 is 9.47 Å². The van der Waals surface area contributed by atoms with Crippen LogP contribution >= 0.6 is 0 Å². The quantitative estimate of drug-likeness (QED) is 0.497. The minimum atomic E-state index is -0.221. The van der Waals surface area contributed by atoms with Gasteiger partial charge in [0, 0.05) is 6.92 Å². The topological polar surface area (TPSA) is 35.5 Å². The molecule has 2 atom stereocenters. The highest BCUT2D eigenvalue weighted by Gasteiger charge is 2.30. The third kappa shape index (κ3) is 3.09. The summed E-state index contributed by atoms with van der Waals surface area (Å²) >= 11 is 0. The van der Waals surface area contributed by atoms with Crippen molar-refractivity contribution in [3.05, 3.63) is 12.3 Å². The molecule has 0 aromatic heterocycles. The molecule has 0 aliphatic heterocycles. The average Bonchev–Trinajstić information content (AvgIpc) is 2.48. The molecule has 0 aromatic carbocycles. The molecule has 74 valence electrons. The minimum absolute atomic E-state index is 0.0475. The summed E-state index contributed by atoms with van der Waals surface area (Å²) in [5.74, 6) is -0.221. The van der Waals surface area contributed by atoms with Crippen molar-refractivity contribution < 1.29 is 14.3 Å². The Kier molecular flexibility index (Phi) is 3.80. The van der Waals surface area contributed by atoms with Gasteiger partial charge in [0.05, 0.1) is 6.26 Å². The first kappa shape index (κ1) is 10.1. The number of ether oxygens (including phenoxy) is 2. The van der Waals surface area contributed by atoms with E-state index >= 15 is 0 Å². The molecule has 0 bridgehead atoms. The van der Waals surface area contributed by atoms with Crippen LogP contribution in [0.2, 0.25) is 0 Å². The molecule has 0 radical (unpaired) electrons. The number of rotatable bonds is 3. The van der Waals surface area contributed by atoms with Gasteiger partial charge in [0.15, 0.2) is 0 Å². The van der Waals surface area contributed by atoms with Crippen LogP contribution in [0.4, 0.5) is 0 Å². The van der Waals surface area contributed by atoms with Crippen LogP contribution in [0.5, 0.6) is 0 Å². The van der Waals surface area contributed by atoms with Crippen molar-refractivity contribution in [2.45, 2.75) is 45.3 Å². The predicted octanol–water partition coefficient (Wildman–Crippen LogP) is 2.02. The smallest absolute Gasteiger partial charge is 0.303 e. The fourth-order valence-corrected chi connectivity index (χ4v) is 1.58. The summed E-state index contributed by atoms with van der Waals surface area (Å²) in [5, 5.41) is 0. The summed E-state index contributed by atoms with van der Waals surface area (Å²) < 4.78 is 10.5. The molecule has 1 rings (SSSR count). The van der Waals surface area contributed by atoms with Crippen LogP contribution in [-0.2, 0) is 14.3 Å². The predicted molar refractivity (Wildman–Crippen MR) is 49.1 cm³/mol. The van der Waals surface area contributed by atoms with Gasteiger partial charge in [0.2, 0.25) is 0 Å². The van der Waals surface area contributed by atoms with E-state index in [0.29, 0.717) is 0 Å². The van der Waals surface area contributed by atoms with Crippen LogP contribution in [-0.4, -0.2) is 18.2 Å². The fourth-order valence-electron chi connectivity index (χ4n) is 1.58. The maximum atomic E-state index is 10.7. The van der Waals surface area contributed by atoms with E-state index in [1.165, 1.54) is 6.92 Å². The molecule has 0 spiro atoms. The summed E-state index contributed by atoms with van der Waals surface area (Å²) in [6.07, 6.45) is 6.47. The SMILES string of the molecule is CC=COC1CCCC1OC(C)=O. The Morgan fingerprint density at radius 1 is 1.38 bits per heavy atom. The number of esters is 1. The van der Waals surface area contributed by atoms with Gasteiger partial charge in [-0.15, -0.1) is 0 Å². The molecule has 1 aliphatic carbocycles. The monoisotopic (exact) mass is 184 g/mol. The number of carbonyl (C=O) groups is 1. The molecule has 0 aromatic rings. The van der Waals surface area contributed by atoms with Crippen LogP contribution in [0, 0.1) is 0 Å². The third-order valence-corrected chi connectivity index (χ3v) is 2.10. The zero-order valence-corrected chi connectivity index (χ0v) is 8.16. The van der Waals surface area contributed by atoms with E-state index in [4.69, 9.17) is 9.47 Å². The van der Waals surface area contributed by atoms with Crippen molar-refractivity contribution in [3.8, 4) is 0 Å². The van der Waals surface area contributed by atoms with E-state index in [1.807, 2.05) is 13.0 Å². The standard InChI is InChI=1S/C10H16O3/c1-3-7-12-9-5-4-6-10(9)13-8(2)11/h3,7,9-10H,4-6H2,1-2H3. The summed E-state index contributed by atoms with van der Waals surface area (Å²) in [7, 11) is 0. The second-order valence-electron chi connectivity index (χ2n) is 3.22. The molecule has 13 heavy (non-hydrogen) atoms. The van der Waals surface area contributed by atoms with Gasteiger partial charge in [-0.2, -0.15) is 0 Å². The first-order valence-electron chi connectivity index (χ1n) is 4.68. The molecule has 1 aliphatic rings. The van der Waals surface area contributed by atoms with Crippen molar-refractivity contribution in [2.75, 3.05) is 0 Å². The van der Waals surface area contributed by atoms with Gasteiger partial charge in [-0.3, -0.25) is 4.79 Å². The average molecular weight is 184 g/mol. The second kappa shape index (κ2) is 4.90. The highest BCUT2D eigenvalue weighted by molar-refractivity contribution is 5.66. The zero-order valence-electron chi connectivity index (χ0n) is 8.16. The molecule has 3 nitrogen and oxygen atoms in total. The Labute approximate surface area is 78.7 Å². The van der Waals surface area contributed by atoms with Gasteiger partial charge in [-0.05, 0) is 26.2 Å². The van der Waals surface area contributed by atoms with Crippen molar-refractivity contribution in [1.82, 2.24) is 0 Å². The van der Waals surface area contributed by atoms with Gasteiger partial charge in [0.1, 0.15) is 12.2 Å². The fraction of sp³-hybridized carbons (Fsp3) is 0.700. The molecule has 2 unspecified atom stereocenters. The lowest BCUT2D eigenvalue weighted by atomic mass is 10.2. The molecule has 1 fully saturated rings. The van der Waals surface area contributed by atoms with Crippen LogP contribution in [0.25, 0.3) is 0 Å². The normalized spacial score (nSPS) is 27.8. The van der Waals surface area contributed by atoms with Gasteiger partial charge in [-0.25, -0.2) is 0 Å². The summed E-state index contributed by atoms with van der Waals surface area (Å²) in [5.41, 5.74) is 0. The van der Waals surface area contributed by atoms with Gasteiger partial charge in [0.25, 0.3) is 0 Å². The molecule has 0 heterocycles. The first-order valence-corrected chi connectivity index (χ1v) is 4.68. The highest BCUT2D eigenvalue weighted by Crippen LogP contribution is 2.25. The lowest BCUT2D eigenvalue weighted by Crippen LogP contribution is -2.26. The molecule has 1 saturated carbocycles.